The summed E-state index contributed by atoms with van der Waals surface area (Å²) < 4.78 is 0. The summed E-state index contributed by atoms with van der Waals surface area (Å²) in [6.07, 6.45) is 0. The van der Waals surface area contributed by atoms with Crippen LogP contribution in [-0.4, -0.2) is 33.5 Å². The van der Waals surface area contributed by atoms with Crippen molar-refractivity contribution in [1.82, 2.24) is 9.97 Å². The van der Waals surface area contributed by atoms with Crippen LogP contribution in [0.3, 0.4) is 0 Å². The van der Waals surface area contributed by atoms with Crippen molar-refractivity contribution in [3.63, 3.8) is 0 Å². The smallest absolute Gasteiger partial charge is 0.167 e. The Balaban J connectivity index is 2.19. The number of nitrogens with one attached hydrogen (secondary N) is 2. The van der Waals surface area contributed by atoms with Gasteiger partial charge in [0.1, 0.15) is 40.6 Å². The SMILES string of the molecule is Cc1nc2c3c(c4c(c2nc1C#N)N=C(C#N)C(C#N)N4)N=C(C#N)C(C#N)N3. The van der Waals surface area contributed by atoms with Crippen LogP contribution < -0.4 is 10.6 Å². The maximum absolute atomic E-state index is 9.37. The Hall–Kier alpha value is -5.05. The monoisotopic (exact) mass is 377 g/mol. The quantitative estimate of drug-likeness (QED) is 0.686. The van der Waals surface area contributed by atoms with Crippen LogP contribution in [0.15, 0.2) is 9.98 Å². The molecule has 2 aromatic rings. The predicted octanol–water partition coefficient (Wildman–Crippen LogP) is 1.64. The van der Waals surface area contributed by atoms with Crippen molar-refractivity contribution in [3.8, 4) is 30.3 Å². The van der Waals surface area contributed by atoms with E-state index in [2.05, 4.69) is 30.6 Å². The van der Waals surface area contributed by atoms with Crippen LogP contribution in [0.2, 0.25) is 0 Å². The lowest BCUT2D eigenvalue weighted by atomic mass is 10.0. The highest BCUT2D eigenvalue weighted by molar-refractivity contribution is 6.21. The molecule has 2 aliphatic heterocycles. The van der Waals surface area contributed by atoms with Gasteiger partial charge in [-0.15, -0.1) is 0 Å². The van der Waals surface area contributed by atoms with Gasteiger partial charge in [-0.25, -0.2) is 20.0 Å². The molecule has 2 atom stereocenters. The summed E-state index contributed by atoms with van der Waals surface area (Å²) in [5.41, 5.74) is 1.78. The number of hydrogen-bond donors (Lipinski definition) is 2. The molecule has 0 fully saturated rings. The van der Waals surface area contributed by atoms with E-state index in [0.29, 0.717) is 11.4 Å². The molecule has 0 amide bonds. The number of rotatable bonds is 0. The van der Waals surface area contributed by atoms with Crippen molar-refractivity contribution < 1.29 is 0 Å². The summed E-state index contributed by atoms with van der Waals surface area (Å²) in [6, 6.07) is 7.57. The van der Waals surface area contributed by atoms with Gasteiger partial charge in [-0.1, -0.05) is 0 Å². The molecule has 1 aromatic heterocycles. The molecule has 4 rings (SSSR count). The van der Waals surface area contributed by atoms with E-state index in [1.165, 1.54) is 0 Å². The lowest BCUT2D eigenvalue weighted by molar-refractivity contribution is 1.09. The Kier molecular flexibility index (Phi) is 3.76. The highest BCUT2D eigenvalue weighted by Crippen LogP contribution is 2.50. The number of anilines is 2. The molecule has 0 saturated carbocycles. The van der Waals surface area contributed by atoms with E-state index >= 15 is 0 Å². The Morgan fingerprint density at radius 1 is 0.724 bits per heavy atom. The van der Waals surface area contributed by atoms with Crippen LogP contribution >= 0.6 is 0 Å². The molecule has 11 heteroatoms. The van der Waals surface area contributed by atoms with E-state index in [9.17, 15) is 26.3 Å². The molecule has 29 heavy (non-hydrogen) atoms. The summed E-state index contributed by atoms with van der Waals surface area (Å²) >= 11 is 0. The first-order valence-electron chi connectivity index (χ1n) is 8.14. The number of nitriles is 5. The second-order valence-corrected chi connectivity index (χ2v) is 6.04. The van der Waals surface area contributed by atoms with E-state index in [-0.39, 0.29) is 45.2 Å². The maximum atomic E-state index is 9.37. The molecule has 2 aliphatic rings. The van der Waals surface area contributed by atoms with Gasteiger partial charge >= 0.3 is 0 Å². The number of aromatic nitrogens is 2. The van der Waals surface area contributed by atoms with Crippen molar-refractivity contribution in [2.24, 2.45) is 9.98 Å². The van der Waals surface area contributed by atoms with Crippen LogP contribution in [0, 0.1) is 63.6 Å². The van der Waals surface area contributed by atoms with Crippen molar-refractivity contribution in [3.05, 3.63) is 11.4 Å². The number of aryl methyl sites for hydroxylation is 1. The van der Waals surface area contributed by atoms with E-state index in [0.717, 1.165) is 0 Å². The van der Waals surface area contributed by atoms with E-state index < -0.39 is 12.1 Å². The van der Waals surface area contributed by atoms with Crippen LogP contribution in [-0.2, 0) is 0 Å². The normalized spacial score (nSPS) is 18.6. The first kappa shape index (κ1) is 17.4. The fourth-order valence-corrected chi connectivity index (χ4v) is 3.09. The fourth-order valence-electron chi connectivity index (χ4n) is 3.09. The lowest BCUT2D eigenvalue weighted by Crippen LogP contribution is -2.32. The van der Waals surface area contributed by atoms with Gasteiger partial charge in [-0.05, 0) is 6.92 Å². The fraction of sp³-hybridized carbons (Fsp3) is 0.167. The molecule has 11 nitrogen and oxygen atoms in total. The summed E-state index contributed by atoms with van der Waals surface area (Å²) in [5, 5.41) is 52.6. The molecular weight excluding hydrogens is 370 g/mol. The molecule has 2 N–H and O–H groups in total. The van der Waals surface area contributed by atoms with Crippen LogP contribution in [0.25, 0.3) is 11.0 Å². The summed E-state index contributed by atoms with van der Waals surface area (Å²) in [5.74, 6) is 0. The predicted molar refractivity (Wildman–Crippen MR) is 100 cm³/mol. The van der Waals surface area contributed by atoms with E-state index in [4.69, 9.17) is 0 Å². The zero-order valence-corrected chi connectivity index (χ0v) is 14.7. The van der Waals surface area contributed by atoms with Gasteiger partial charge in [0.05, 0.1) is 29.2 Å². The van der Waals surface area contributed by atoms with Crippen LogP contribution in [0.4, 0.5) is 22.7 Å². The largest absolute Gasteiger partial charge is 0.361 e. The van der Waals surface area contributed by atoms with Crippen molar-refractivity contribution >= 4 is 45.2 Å². The molecule has 0 radical (unpaired) electrons. The highest BCUT2D eigenvalue weighted by atomic mass is 15.1. The van der Waals surface area contributed by atoms with Crippen molar-refractivity contribution in [2.45, 2.75) is 19.0 Å². The molecule has 2 unspecified atom stereocenters. The molecule has 0 spiro atoms. The van der Waals surface area contributed by atoms with Gasteiger partial charge in [-0.2, -0.15) is 26.3 Å². The van der Waals surface area contributed by atoms with Gasteiger partial charge < -0.3 is 10.6 Å². The molecule has 1 aromatic carbocycles. The summed E-state index contributed by atoms with van der Waals surface area (Å²) in [7, 11) is 0. The van der Waals surface area contributed by atoms with Gasteiger partial charge in [0.25, 0.3) is 0 Å². The lowest BCUT2D eigenvalue weighted by Gasteiger charge is -2.27. The van der Waals surface area contributed by atoms with Crippen molar-refractivity contribution in [2.75, 3.05) is 10.6 Å². The molecule has 134 valence electrons. The van der Waals surface area contributed by atoms with Crippen LogP contribution in [0.1, 0.15) is 11.4 Å². The van der Waals surface area contributed by atoms with Crippen molar-refractivity contribution in [1.29, 1.82) is 26.3 Å². The maximum Gasteiger partial charge on any atom is 0.167 e. The third-order valence-corrected chi connectivity index (χ3v) is 4.42. The zero-order chi connectivity index (χ0) is 20.7. The molecule has 0 saturated heterocycles. The molecular formula is C18H7N11. The third-order valence-electron chi connectivity index (χ3n) is 4.42. The highest BCUT2D eigenvalue weighted by Gasteiger charge is 2.34. The topological polar surface area (TPSA) is 194 Å². The summed E-state index contributed by atoms with van der Waals surface area (Å²) in [6.45, 7) is 1.61. The Morgan fingerprint density at radius 2 is 1.31 bits per heavy atom. The minimum Gasteiger partial charge on any atom is -0.361 e. The number of hydrogen-bond acceptors (Lipinski definition) is 11. The second-order valence-electron chi connectivity index (χ2n) is 6.04. The summed E-state index contributed by atoms with van der Waals surface area (Å²) in [4.78, 5) is 17.3. The van der Waals surface area contributed by atoms with Gasteiger partial charge in [-0.3, -0.25) is 0 Å². The third kappa shape index (κ3) is 2.39. The minimum absolute atomic E-state index is 0.0646. The Morgan fingerprint density at radius 3 is 1.86 bits per heavy atom. The molecule has 3 heterocycles. The Bertz CT molecular complexity index is 1380. The Labute approximate surface area is 163 Å². The average molecular weight is 377 g/mol. The first-order valence-corrected chi connectivity index (χ1v) is 8.14. The van der Waals surface area contributed by atoms with E-state index in [1.807, 2.05) is 30.3 Å². The van der Waals surface area contributed by atoms with Crippen LogP contribution in [0.5, 0.6) is 0 Å². The van der Waals surface area contributed by atoms with Gasteiger partial charge in [0.2, 0.25) is 0 Å². The van der Waals surface area contributed by atoms with E-state index in [1.54, 1.807) is 6.92 Å². The number of nitrogens with zero attached hydrogens (tertiary/aromatic N) is 9. The number of benzene rings is 1. The van der Waals surface area contributed by atoms with Gasteiger partial charge in [0.15, 0.2) is 29.2 Å². The zero-order valence-electron chi connectivity index (χ0n) is 14.7. The minimum atomic E-state index is -1.03. The van der Waals surface area contributed by atoms with Gasteiger partial charge in [0, 0.05) is 0 Å². The number of fused-ring (bicyclic) bond motifs is 6. The average Bonchev–Trinajstić information content (AvgIpc) is 2.76. The first-order chi connectivity index (χ1) is 14.1. The second kappa shape index (κ2) is 6.28. The molecule has 0 bridgehead atoms. The number of aliphatic imine (C=N–C) groups is 2. The standard InChI is InChI=1S/C18H7N11/c1-7-8(2-19)25-14-13(24-7)15-17(28-10(4-21)9(3-20)26-15)18-16(14)27-11(5-22)12(6-23)29-18/h9,12,26,29H,1H3. The molecule has 0 aliphatic carbocycles.